The van der Waals surface area contributed by atoms with Gasteiger partial charge in [-0.3, -0.25) is 4.79 Å². The highest BCUT2D eigenvalue weighted by Gasteiger charge is 2.11. The molecule has 1 atom stereocenters. The minimum absolute atomic E-state index is 0. The number of hydrogen-bond donors (Lipinski definition) is 2. The van der Waals surface area contributed by atoms with Gasteiger partial charge in [-0.1, -0.05) is 44.9 Å². The maximum Gasteiger partial charge on any atom is 0.258 e. The molecule has 21 heavy (non-hydrogen) atoms. The molecule has 0 saturated heterocycles. The van der Waals surface area contributed by atoms with E-state index >= 15 is 0 Å². The van der Waals surface area contributed by atoms with Crippen molar-refractivity contribution >= 4 is 18.3 Å². The van der Waals surface area contributed by atoms with Crippen LogP contribution in [0.3, 0.4) is 0 Å². The van der Waals surface area contributed by atoms with Crippen molar-refractivity contribution in [1.29, 1.82) is 0 Å². The molecule has 0 aliphatic carbocycles. The highest BCUT2D eigenvalue weighted by Crippen LogP contribution is 2.17. The highest BCUT2D eigenvalue weighted by atomic mass is 35.5. The van der Waals surface area contributed by atoms with Gasteiger partial charge in [0.1, 0.15) is 5.75 Å². The van der Waals surface area contributed by atoms with Crippen LogP contribution in [0.2, 0.25) is 0 Å². The lowest BCUT2D eigenvalue weighted by Gasteiger charge is -2.17. The number of amides is 1. The summed E-state index contributed by atoms with van der Waals surface area (Å²) in [4.78, 5) is 11.9. The Morgan fingerprint density at radius 1 is 1.33 bits per heavy atom. The Bertz CT molecular complexity index is 413. The Balaban J connectivity index is 0.00000400. The van der Waals surface area contributed by atoms with Gasteiger partial charge in [0.15, 0.2) is 6.61 Å². The number of hydrogen-bond acceptors (Lipinski definition) is 3. The Morgan fingerprint density at radius 2 is 2.05 bits per heavy atom. The first-order valence-corrected chi connectivity index (χ1v) is 7.41. The normalized spacial score (nSPS) is 11.4. The summed E-state index contributed by atoms with van der Waals surface area (Å²) in [5.74, 6) is 0.672. The second kappa shape index (κ2) is 11.4. The van der Waals surface area contributed by atoms with E-state index in [2.05, 4.69) is 19.2 Å². The monoisotopic (exact) mass is 314 g/mol. The van der Waals surface area contributed by atoms with Gasteiger partial charge in [-0.2, -0.15) is 0 Å². The summed E-state index contributed by atoms with van der Waals surface area (Å²) in [5, 5.41) is 2.92. The van der Waals surface area contributed by atoms with E-state index in [1.165, 1.54) is 0 Å². The Labute approximate surface area is 133 Å². The number of nitrogens with one attached hydrogen (secondary N) is 1. The summed E-state index contributed by atoms with van der Waals surface area (Å²) >= 11 is 0. The SMILES string of the molecule is CCCCC(CN)NC(=O)COc1ccccc1CC.Cl. The van der Waals surface area contributed by atoms with Crippen molar-refractivity contribution in [2.45, 2.75) is 45.6 Å². The molecule has 0 aliphatic rings. The van der Waals surface area contributed by atoms with Crippen LogP contribution in [0.15, 0.2) is 24.3 Å². The largest absolute Gasteiger partial charge is 0.483 e. The minimum Gasteiger partial charge on any atom is -0.483 e. The number of para-hydroxylation sites is 1. The van der Waals surface area contributed by atoms with Crippen molar-refractivity contribution in [1.82, 2.24) is 5.32 Å². The van der Waals surface area contributed by atoms with E-state index in [0.29, 0.717) is 6.54 Å². The van der Waals surface area contributed by atoms with Crippen molar-refractivity contribution in [2.24, 2.45) is 5.73 Å². The maximum absolute atomic E-state index is 11.9. The van der Waals surface area contributed by atoms with E-state index in [4.69, 9.17) is 10.5 Å². The zero-order valence-electron chi connectivity index (χ0n) is 12.9. The number of carbonyl (C=O) groups excluding carboxylic acids is 1. The molecule has 0 aromatic heterocycles. The van der Waals surface area contributed by atoms with Gasteiger partial charge in [0.05, 0.1) is 0 Å². The first-order valence-electron chi connectivity index (χ1n) is 7.41. The molecule has 1 rings (SSSR count). The van der Waals surface area contributed by atoms with E-state index in [9.17, 15) is 4.79 Å². The van der Waals surface area contributed by atoms with Gasteiger partial charge in [-0.25, -0.2) is 0 Å². The molecule has 0 bridgehead atoms. The fourth-order valence-corrected chi connectivity index (χ4v) is 2.05. The summed E-state index contributed by atoms with van der Waals surface area (Å²) in [6.45, 7) is 4.70. The number of nitrogens with two attached hydrogens (primary N) is 1. The second-order valence-corrected chi connectivity index (χ2v) is 4.89. The molecule has 5 heteroatoms. The van der Waals surface area contributed by atoms with Crippen LogP contribution in [0.1, 0.15) is 38.7 Å². The predicted molar refractivity (Wildman–Crippen MR) is 89.1 cm³/mol. The van der Waals surface area contributed by atoms with Crippen LogP contribution in [0.4, 0.5) is 0 Å². The van der Waals surface area contributed by atoms with Gasteiger partial charge < -0.3 is 15.8 Å². The molecule has 0 saturated carbocycles. The zero-order chi connectivity index (χ0) is 14.8. The van der Waals surface area contributed by atoms with Gasteiger partial charge in [0.2, 0.25) is 0 Å². The highest BCUT2D eigenvalue weighted by molar-refractivity contribution is 5.85. The Morgan fingerprint density at radius 3 is 2.67 bits per heavy atom. The molecule has 0 spiro atoms. The zero-order valence-corrected chi connectivity index (χ0v) is 13.7. The van der Waals surface area contributed by atoms with Crippen LogP contribution in [0, 0.1) is 0 Å². The first kappa shape index (κ1) is 19.7. The molecule has 4 nitrogen and oxygen atoms in total. The topological polar surface area (TPSA) is 64.3 Å². The Hall–Kier alpha value is -1.26. The number of ether oxygens (including phenoxy) is 1. The third-order valence-electron chi connectivity index (χ3n) is 3.27. The van der Waals surface area contributed by atoms with Crippen LogP contribution in [0.25, 0.3) is 0 Å². The molecule has 1 amide bonds. The van der Waals surface area contributed by atoms with Crippen LogP contribution in [-0.2, 0) is 11.2 Å². The van der Waals surface area contributed by atoms with Gasteiger partial charge >= 0.3 is 0 Å². The molecule has 1 unspecified atom stereocenters. The molecule has 1 aromatic rings. The van der Waals surface area contributed by atoms with Gasteiger partial charge in [0.25, 0.3) is 5.91 Å². The van der Waals surface area contributed by atoms with E-state index in [-0.39, 0.29) is 31.0 Å². The van der Waals surface area contributed by atoms with Crippen molar-refractivity contribution in [3.63, 3.8) is 0 Å². The van der Waals surface area contributed by atoms with Crippen molar-refractivity contribution in [2.75, 3.05) is 13.2 Å². The molecule has 120 valence electrons. The van der Waals surface area contributed by atoms with Crippen LogP contribution >= 0.6 is 12.4 Å². The number of unbranched alkanes of at least 4 members (excludes halogenated alkanes) is 1. The standard InChI is InChI=1S/C16H26N2O2.ClH/c1-3-5-9-14(11-17)18-16(19)12-20-15-10-7-6-8-13(15)4-2;/h6-8,10,14H,3-5,9,11-12,17H2,1-2H3,(H,18,19);1H. The van der Waals surface area contributed by atoms with Gasteiger partial charge in [0, 0.05) is 12.6 Å². The van der Waals surface area contributed by atoms with E-state index in [1.54, 1.807) is 0 Å². The number of halogens is 1. The summed E-state index contributed by atoms with van der Waals surface area (Å²) < 4.78 is 5.59. The average Bonchev–Trinajstić information content (AvgIpc) is 2.49. The lowest BCUT2D eigenvalue weighted by molar-refractivity contribution is -0.123. The second-order valence-electron chi connectivity index (χ2n) is 4.89. The number of aryl methyl sites for hydroxylation is 1. The maximum atomic E-state index is 11.9. The summed E-state index contributed by atoms with van der Waals surface area (Å²) in [6, 6.07) is 7.84. The molecule has 0 radical (unpaired) electrons. The van der Waals surface area contributed by atoms with E-state index in [1.807, 2.05) is 24.3 Å². The lowest BCUT2D eigenvalue weighted by Crippen LogP contribution is -2.42. The number of rotatable bonds is 9. The summed E-state index contributed by atoms with van der Waals surface area (Å²) in [6.07, 6.45) is 3.98. The van der Waals surface area contributed by atoms with Crippen LogP contribution in [-0.4, -0.2) is 25.1 Å². The van der Waals surface area contributed by atoms with Crippen molar-refractivity contribution in [3.05, 3.63) is 29.8 Å². The first-order chi connectivity index (χ1) is 9.71. The molecular weight excluding hydrogens is 288 g/mol. The predicted octanol–water partition coefficient (Wildman–Crippen LogP) is 2.68. The van der Waals surface area contributed by atoms with E-state index < -0.39 is 0 Å². The summed E-state index contributed by atoms with van der Waals surface area (Å²) in [5.41, 5.74) is 6.77. The van der Waals surface area contributed by atoms with Crippen LogP contribution in [0.5, 0.6) is 5.75 Å². The molecule has 0 heterocycles. The average molecular weight is 315 g/mol. The fourth-order valence-electron chi connectivity index (χ4n) is 2.05. The quantitative estimate of drug-likeness (QED) is 0.736. The minimum atomic E-state index is -0.109. The number of benzene rings is 1. The van der Waals surface area contributed by atoms with Crippen molar-refractivity contribution < 1.29 is 9.53 Å². The van der Waals surface area contributed by atoms with Crippen LogP contribution < -0.4 is 15.8 Å². The van der Waals surface area contributed by atoms with Gasteiger partial charge in [-0.15, -0.1) is 12.4 Å². The molecule has 3 N–H and O–H groups in total. The molecular formula is C16H27ClN2O2. The third-order valence-corrected chi connectivity index (χ3v) is 3.27. The smallest absolute Gasteiger partial charge is 0.258 e. The third kappa shape index (κ3) is 7.34. The molecule has 0 fully saturated rings. The van der Waals surface area contributed by atoms with E-state index in [0.717, 1.165) is 37.0 Å². The summed E-state index contributed by atoms with van der Waals surface area (Å²) in [7, 11) is 0. The molecule has 1 aromatic carbocycles. The molecule has 0 aliphatic heterocycles. The van der Waals surface area contributed by atoms with Gasteiger partial charge in [-0.05, 0) is 24.5 Å². The lowest BCUT2D eigenvalue weighted by atomic mass is 10.1. The van der Waals surface area contributed by atoms with Crippen molar-refractivity contribution in [3.8, 4) is 5.75 Å². The number of carbonyl (C=O) groups is 1. The fraction of sp³-hybridized carbons (Fsp3) is 0.562. The Kier molecular flexibility index (Phi) is 10.7.